The van der Waals surface area contributed by atoms with Crippen LogP contribution in [0.2, 0.25) is 0 Å². The van der Waals surface area contributed by atoms with E-state index in [9.17, 15) is 59.5 Å². The fraction of sp³-hybridized carbons (Fsp3) is 0.349. The fourth-order valence-corrected chi connectivity index (χ4v) is 13.1. The number of anilines is 5. The van der Waals surface area contributed by atoms with Crippen molar-refractivity contribution in [3.8, 4) is 11.4 Å². The molecule has 6 aliphatic rings. The molecule has 2 aliphatic carbocycles. The van der Waals surface area contributed by atoms with Crippen molar-refractivity contribution in [2.75, 3.05) is 85.3 Å². The Morgan fingerprint density at radius 2 is 1.00 bits per heavy atom. The Labute approximate surface area is 544 Å². The molecule has 5 aromatic carbocycles. The summed E-state index contributed by atoms with van der Waals surface area (Å²) in [6.45, 7) is 7.18. The number of carbonyl (C=O) groups is 3. The molecule has 528 valence electrons. The zero-order chi connectivity index (χ0) is 71.9. The van der Waals surface area contributed by atoms with Crippen LogP contribution < -0.4 is 51.7 Å². The summed E-state index contributed by atoms with van der Waals surface area (Å²) in [5.74, 6) is -10.00. The van der Waals surface area contributed by atoms with Crippen molar-refractivity contribution < 1.29 is 105 Å². The van der Waals surface area contributed by atoms with Crippen LogP contribution in [-0.4, -0.2) is 118 Å². The third kappa shape index (κ3) is 14.8. The Morgan fingerprint density at radius 1 is 0.531 bits per heavy atom. The number of fused-ring (bicyclic) bond motifs is 4. The maximum atomic E-state index is 15.8. The van der Waals surface area contributed by atoms with Crippen molar-refractivity contribution in [3.05, 3.63) is 169 Å². The summed E-state index contributed by atoms with van der Waals surface area (Å²) < 4.78 is 205. The normalized spacial score (nSPS) is 19.5. The van der Waals surface area contributed by atoms with E-state index in [1.165, 1.54) is 18.3 Å². The van der Waals surface area contributed by atoms with Gasteiger partial charge in [-0.05, 0) is 108 Å². The predicted octanol–water partition coefficient (Wildman–Crippen LogP) is 11.9. The third-order valence-corrected chi connectivity index (χ3v) is 17.6. The summed E-state index contributed by atoms with van der Waals surface area (Å²) in [5.41, 5.74) is -2.69. The van der Waals surface area contributed by atoms with Gasteiger partial charge in [0.25, 0.3) is 0 Å². The van der Waals surface area contributed by atoms with E-state index in [0.717, 1.165) is 77.2 Å². The maximum absolute atomic E-state index is 15.8. The second-order valence-corrected chi connectivity index (χ2v) is 23.5. The molecule has 3 saturated heterocycles. The Kier molecular flexibility index (Phi) is 24.0. The van der Waals surface area contributed by atoms with Crippen LogP contribution in [0.15, 0.2) is 94.4 Å². The van der Waals surface area contributed by atoms with Gasteiger partial charge in [-0.1, -0.05) is 0 Å². The molecule has 2 unspecified atom stereocenters. The number of nitrogens with zero attached hydrogens (tertiary/aromatic N) is 6. The monoisotopic (exact) mass is 1410 g/mol. The summed E-state index contributed by atoms with van der Waals surface area (Å²) in [7, 11) is 5.22. The number of halogens is 17. The first-order valence-electron chi connectivity index (χ1n) is 29.7. The number of benzene rings is 5. The van der Waals surface area contributed by atoms with Gasteiger partial charge in [0.1, 0.15) is 51.7 Å². The molecule has 13 rings (SSSR count). The number of carbonyl (C=O) groups excluding carboxylic acids is 3. The van der Waals surface area contributed by atoms with Gasteiger partial charge in [0.05, 0.1) is 50.7 Å². The summed E-state index contributed by atoms with van der Waals surface area (Å²) in [5, 5.41) is 12.0. The number of pyridine rings is 2. The highest BCUT2D eigenvalue weighted by molar-refractivity contribution is 5.97. The van der Waals surface area contributed by atoms with Gasteiger partial charge in [0, 0.05) is 171 Å². The van der Waals surface area contributed by atoms with Crippen LogP contribution in [0.4, 0.5) is 105 Å². The topological polar surface area (TPSA) is 184 Å². The Bertz CT molecular complexity index is 4280. The number of aromatic nitrogens is 2. The molecule has 4 N–H and O–H groups in total. The van der Waals surface area contributed by atoms with E-state index in [4.69, 9.17) is 27.4 Å². The van der Waals surface area contributed by atoms with Crippen molar-refractivity contribution in [1.29, 1.82) is 0 Å². The van der Waals surface area contributed by atoms with Crippen molar-refractivity contribution in [1.82, 2.24) is 25.1 Å². The van der Waals surface area contributed by atoms with E-state index in [0.29, 0.717) is 74.8 Å². The maximum Gasteiger partial charge on any atom is 0.385 e. The summed E-state index contributed by atoms with van der Waals surface area (Å²) in [6.07, 6.45) is 5.53. The van der Waals surface area contributed by atoms with Crippen molar-refractivity contribution in [2.45, 2.75) is 69.7 Å². The van der Waals surface area contributed by atoms with E-state index in [-0.39, 0.29) is 97.8 Å². The molecule has 2 saturated carbocycles. The van der Waals surface area contributed by atoms with E-state index >= 15 is 13.2 Å². The molecule has 2 aromatic heterocycles. The van der Waals surface area contributed by atoms with Gasteiger partial charge in [-0.15, -0.1) is 0 Å². The lowest BCUT2D eigenvalue weighted by molar-refractivity contribution is -0.178. The number of likely N-dealkylation sites (N-methyl/N-ethyl adjacent to an activating group) is 1. The zero-order valence-corrected chi connectivity index (χ0v) is 52.0. The number of nitrogens with one attached hydrogen (secondary N) is 4. The third-order valence-electron chi connectivity index (χ3n) is 17.6. The minimum absolute atomic E-state index is 0.00477. The van der Waals surface area contributed by atoms with Crippen LogP contribution in [0.1, 0.15) is 59.4 Å². The highest BCUT2D eigenvalue weighted by atomic mass is 20.0. The van der Waals surface area contributed by atoms with Gasteiger partial charge < -0.3 is 50.0 Å². The molecule has 6 atom stereocenters. The van der Waals surface area contributed by atoms with Gasteiger partial charge in [-0.25, -0.2) is 64.3 Å². The molecule has 0 radical (unpaired) electrons. The molecule has 18 nitrogen and oxygen atoms in total. The van der Waals surface area contributed by atoms with Crippen LogP contribution >= 0.6 is 0 Å². The quantitative estimate of drug-likeness (QED) is 0.0847. The molecule has 5 fully saturated rings. The van der Waals surface area contributed by atoms with Crippen LogP contribution in [0.25, 0.3) is 33.2 Å². The largest absolute Gasteiger partial charge is 0.385 e. The first kappa shape index (κ1) is 74.2. The lowest BCUT2D eigenvalue weighted by Gasteiger charge is -2.39. The molecule has 4 aliphatic heterocycles. The Morgan fingerprint density at radius 3 is 1.42 bits per heavy atom. The molecule has 0 bridgehead atoms. The second kappa shape index (κ2) is 31.7. The highest BCUT2D eigenvalue weighted by Gasteiger charge is 2.55. The van der Waals surface area contributed by atoms with Gasteiger partial charge >= 0.3 is 17.9 Å². The standard InChI is InChI=1S/C22H17F4N3O3.C21H17F4N3O3.C20H25F3N4O2.3F2/c1-27-20-12-7-28(8-13(12)20)19-6-18-11(5-16(19)25)21(30)14(22(31)32-26)9-29(18)17-3-2-10(23)4-15(17)24;1-26-12-4-5-27(9-12)19-8-18-13(7-16(19)24)20(29)14(21(30)31-25)10-28(18)17-3-2-11(22)6-15(17)23;1-10-7-26(8-11(2)25-10)19-15(21)17(24-3)14-6-12(20(28)29-23)9-27(13-4-5-13)18(14)16(19)22;3*1-2/h2-6,9,12-13,20,27H,7-8H2,1H3;2-3,6-8,10,12,26H,4-5,9H2,1H3;9-11,13,24-25H,4-8H2,1-3H3;;;/t12-,13+,20?;;10-,11+;;;. The van der Waals surface area contributed by atoms with E-state index in [2.05, 4.69) is 36.1 Å². The van der Waals surface area contributed by atoms with Crippen LogP contribution in [0.5, 0.6) is 0 Å². The predicted molar refractivity (Wildman–Crippen MR) is 325 cm³/mol. The summed E-state index contributed by atoms with van der Waals surface area (Å²) in [4.78, 5) is 77.5. The average molecular weight is 1410 g/mol. The molecule has 35 heteroatoms. The number of piperidine rings is 1. The number of hydrogen-bond donors (Lipinski definition) is 4. The van der Waals surface area contributed by atoms with E-state index in [1.807, 2.05) is 25.8 Å². The zero-order valence-electron chi connectivity index (χ0n) is 52.0. The first-order valence-corrected chi connectivity index (χ1v) is 29.7. The SMILES string of the molecule is CNC1CCN(c2cc3c(cc2F)c(=O)c(C(=O)OF)cn3-c2ccc(F)cc2F)C1.CNC1[C@H]2CN(c3cc4c(cc3F)c(=O)c(C(=O)OF)cn4-c3ccc(F)cc3F)C[C@@H]12.CNc1c(F)c(N2C[C@@H](C)N[C@@H](C)C2)c(F)c2c1CC(C(=O)OF)=CN2C1CC1.FF.FF.FF. The summed E-state index contributed by atoms with van der Waals surface area (Å²) >= 11 is 0. The van der Waals surface area contributed by atoms with Gasteiger partial charge in [0.15, 0.2) is 11.6 Å². The van der Waals surface area contributed by atoms with E-state index in [1.54, 1.807) is 28.8 Å². The number of hydrogen-bond acceptors (Lipinski definition) is 16. The molecule has 0 amide bonds. The number of piperazine rings is 1. The van der Waals surface area contributed by atoms with Crippen LogP contribution in [0, 0.1) is 58.4 Å². The molecule has 6 heterocycles. The van der Waals surface area contributed by atoms with E-state index < -0.39 is 86.4 Å². The Hall–Kier alpha value is -9.64. The minimum atomic E-state index is -1.61. The van der Waals surface area contributed by atoms with Gasteiger partial charge in [0.2, 0.25) is 10.9 Å². The van der Waals surface area contributed by atoms with Gasteiger partial charge in [-0.3, -0.25) is 9.59 Å². The molecular formula is C63H59F17N10O8. The Balaban J connectivity index is 0.000000181. The number of rotatable bonds is 12. The molecule has 7 aromatic rings. The molecule has 98 heavy (non-hydrogen) atoms. The molecule has 0 spiro atoms. The lowest BCUT2D eigenvalue weighted by Crippen LogP contribution is -2.54. The van der Waals surface area contributed by atoms with Crippen LogP contribution in [0.3, 0.4) is 0 Å². The van der Waals surface area contributed by atoms with Crippen LogP contribution in [-0.2, 0) is 26.0 Å². The molecular weight excluding hydrogens is 1350 g/mol. The van der Waals surface area contributed by atoms with Crippen molar-refractivity contribution in [2.24, 2.45) is 11.8 Å². The average Bonchev–Trinajstić information content (AvgIpc) is 1.42. The lowest BCUT2D eigenvalue weighted by atomic mass is 9.95. The highest BCUT2D eigenvalue weighted by Crippen LogP contribution is 2.49. The fourth-order valence-electron chi connectivity index (χ4n) is 13.1. The summed E-state index contributed by atoms with van der Waals surface area (Å²) in [6, 6.07) is 10.7. The van der Waals surface area contributed by atoms with Crippen molar-refractivity contribution in [3.63, 3.8) is 0 Å². The van der Waals surface area contributed by atoms with Crippen molar-refractivity contribution >= 4 is 68.2 Å². The first-order chi connectivity index (χ1) is 47.0. The smallest absolute Gasteiger partial charge is 0.385 e. The van der Waals surface area contributed by atoms with Gasteiger partial charge in [-0.2, -0.15) is 0 Å². The minimum Gasteiger partial charge on any atom is -0.385 e. The second-order valence-electron chi connectivity index (χ2n) is 23.5.